The fourth-order valence-electron chi connectivity index (χ4n) is 1.16. The summed E-state index contributed by atoms with van der Waals surface area (Å²) in [6.07, 6.45) is -2.63. The minimum absolute atomic E-state index is 0.201. The second kappa shape index (κ2) is 4.68. The van der Waals surface area contributed by atoms with E-state index in [0.717, 1.165) is 5.56 Å². The van der Waals surface area contributed by atoms with Crippen molar-refractivity contribution in [2.24, 2.45) is 0 Å². The molecule has 1 aromatic rings. The predicted molar refractivity (Wildman–Crippen MR) is 52.3 cm³/mol. The molecule has 0 aromatic heterocycles. The minimum atomic E-state index is -1.85. The maximum atomic E-state index is 13.4. The van der Waals surface area contributed by atoms with Gasteiger partial charge in [-0.2, -0.15) is 0 Å². The van der Waals surface area contributed by atoms with Crippen LogP contribution in [-0.2, 0) is 9.59 Å². The zero-order valence-electron chi connectivity index (χ0n) is 8.24. The maximum absolute atomic E-state index is 13.4. The Kier molecular flexibility index (Phi) is 3.55. The van der Waals surface area contributed by atoms with E-state index >= 15 is 0 Å². The van der Waals surface area contributed by atoms with Crippen LogP contribution in [0.5, 0.6) is 0 Å². The SMILES string of the molecule is Cc1ccc(C(F)C(=O)CC(=O)O)cc1. The zero-order valence-corrected chi connectivity index (χ0v) is 8.24. The summed E-state index contributed by atoms with van der Waals surface area (Å²) >= 11 is 0. The van der Waals surface area contributed by atoms with Crippen molar-refractivity contribution < 1.29 is 19.1 Å². The molecule has 1 unspecified atom stereocenters. The van der Waals surface area contributed by atoms with Crippen molar-refractivity contribution in [1.29, 1.82) is 0 Å². The fraction of sp³-hybridized carbons (Fsp3) is 0.273. The van der Waals surface area contributed by atoms with E-state index in [0.29, 0.717) is 0 Å². The van der Waals surface area contributed by atoms with Crippen molar-refractivity contribution in [3.63, 3.8) is 0 Å². The monoisotopic (exact) mass is 210 g/mol. The van der Waals surface area contributed by atoms with E-state index in [1.807, 2.05) is 6.92 Å². The molecule has 0 heterocycles. The molecule has 0 aliphatic heterocycles. The van der Waals surface area contributed by atoms with Crippen molar-refractivity contribution in [1.82, 2.24) is 0 Å². The molecule has 1 atom stereocenters. The summed E-state index contributed by atoms with van der Waals surface area (Å²) in [6, 6.07) is 6.32. The van der Waals surface area contributed by atoms with E-state index in [2.05, 4.69) is 0 Å². The first-order valence-electron chi connectivity index (χ1n) is 4.46. The third kappa shape index (κ3) is 3.16. The molecule has 0 fully saturated rings. The Balaban J connectivity index is 2.76. The molecule has 1 N–H and O–H groups in total. The van der Waals surface area contributed by atoms with Gasteiger partial charge < -0.3 is 5.11 Å². The van der Waals surface area contributed by atoms with Crippen LogP contribution in [0.2, 0.25) is 0 Å². The molecule has 0 spiro atoms. The smallest absolute Gasteiger partial charge is 0.311 e. The highest BCUT2D eigenvalue weighted by atomic mass is 19.1. The fourth-order valence-corrected chi connectivity index (χ4v) is 1.16. The van der Waals surface area contributed by atoms with Crippen LogP contribution in [0, 0.1) is 6.92 Å². The van der Waals surface area contributed by atoms with E-state index in [1.165, 1.54) is 12.1 Å². The first-order chi connectivity index (χ1) is 7.00. The van der Waals surface area contributed by atoms with Gasteiger partial charge in [0, 0.05) is 0 Å². The van der Waals surface area contributed by atoms with Crippen molar-refractivity contribution in [3.8, 4) is 0 Å². The van der Waals surface area contributed by atoms with Gasteiger partial charge >= 0.3 is 5.97 Å². The van der Waals surface area contributed by atoms with Crippen molar-refractivity contribution in [3.05, 3.63) is 35.4 Å². The highest BCUT2D eigenvalue weighted by molar-refractivity contribution is 5.97. The number of carboxylic acids is 1. The number of aryl methyl sites for hydroxylation is 1. The van der Waals surface area contributed by atoms with Crippen molar-refractivity contribution in [2.75, 3.05) is 0 Å². The minimum Gasteiger partial charge on any atom is -0.481 e. The number of halogens is 1. The number of carbonyl (C=O) groups is 2. The molecule has 15 heavy (non-hydrogen) atoms. The van der Waals surface area contributed by atoms with Gasteiger partial charge in [-0.3, -0.25) is 9.59 Å². The summed E-state index contributed by atoms with van der Waals surface area (Å²) in [7, 11) is 0. The molecule has 3 nitrogen and oxygen atoms in total. The number of benzene rings is 1. The highest BCUT2D eigenvalue weighted by Crippen LogP contribution is 2.20. The zero-order chi connectivity index (χ0) is 11.4. The summed E-state index contributed by atoms with van der Waals surface area (Å²) < 4.78 is 13.4. The van der Waals surface area contributed by atoms with E-state index in [1.54, 1.807) is 12.1 Å². The van der Waals surface area contributed by atoms with Gasteiger partial charge in [-0.15, -0.1) is 0 Å². The third-order valence-electron chi connectivity index (χ3n) is 1.98. The number of alkyl halides is 1. The van der Waals surface area contributed by atoms with E-state index in [4.69, 9.17) is 5.11 Å². The quantitative estimate of drug-likeness (QED) is 0.774. The molecule has 0 amide bonds. The number of Topliss-reactive ketones (excluding diaryl/α,β-unsaturated/α-hetero) is 1. The van der Waals surface area contributed by atoms with Crippen molar-refractivity contribution in [2.45, 2.75) is 19.5 Å². The van der Waals surface area contributed by atoms with Gasteiger partial charge in [-0.1, -0.05) is 29.8 Å². The Bertz CT molecular complexity index is 370. The van der Waals surface area contributed by atoms with Gasteiger partial charge in [0.1, 0.15) is 6.42 Å². The molecular weight excluding hydrogens is 199 g/mol. The standard InChI is InChI=1S/C11H11FO3/c1-7-2-4-8(5-3-7)11(12)9(13)6-10(14)15/h2-5,11H,6H2,1H3,(H,14,15). The molecule has 0 radical (unpaired) electrons. The number of carboxylic acid groups (broad SMARTS) is 1. The predicted octanol–water partition coefficient (Wildman–Crippen LogP) is 2.05. The number of rotatable bonds is 4. The van der Waals surface area contributed by atoms with Gasteiger partial charge in [-0.05, 0) is 12.5 Å². The number of hydrogen-bond donors (Lipinski definition) is 1. The summed E-state index contributed by atoms with van der Waals surface area (Å²) in [5.74, 6) is -2.24. The molecular formula is C11H11FO3. The Morgan fingerprint density at radius 1 is 1.33 bits per heavy atom. The number of aliphatic carboxylic acids is 1. The lowest BCUT2D eigenvalue weighted by molar-refractivity contribution is -0.141. The molecule has 0 aliphatic rings. The number of ketones is 1. The third-order valence-corrected chi connectivity index (χ3v) is 1.98. The summed E-state index contributed by atoms with van der Waals surface area (Å²) in [5.41, 5.74) is 1.16. The second-order valence-corrected chi connectivity index (χ2v) is 3.31. The van der Waals surface area contributed by atoms with Crippen LogP contribution >= 0.6 is 0 Å². The number of hydrogen-bond acceptors (Lipinski definition) is 2. The summed E-state index contributed by atoms with van der Waals surface area (Å²) in [5, 5.41) is 8.34. The molecule has 0 bridgehead atoms. The van der Waals surface area contributed by atoms with Gasteiger partial charge in [0.15, 0.2) is 12.0 Å². The number of carbonyl (C=O) groups excluding carboxylic acids is 1. The van der Waals surface area contributed by atoms with Crippen LogP contribution in [0.15, 0.2) is 24.3 Å². The maximum Gasteiger partial charge on any atom is 0.311 e. The average molecular weight is 210 g/mol. The topological polar surface area (TPSA) is 54.4 Å². The molecule has 4 heteroatoms. The first-order valence-corrected chi connectivity index (χ1v) is 4.46. The van der Waals surface area contributed by atoms with Crippen LogP contribution in [0.25, 0.3) is 0 Å². The Hall–Kier alpha value is -1.71. The lowest BCUT2D eigenvalue weighted by Crippen LogP contribution is -2.12. The molecule has 1 aromatic carbocycles. The second-order valence-electron chi connectivity index (χ2n) is 3.31. The molecule has 0 aliphatic carbocycles. The lowest BCUT2D eigenvalue weighted by Gasteiger charge is -2.06. The first kappa shape index (κ1) is 11.4. The van der Waals surface area contributed by atoms with Crippen LogP contribution in [-0.4, -0.2) is 16.9 Å². The van der Waals surface area contributed by atoms with Gasteiger partial charge in [-0.25, -0.2) is 4.39 Å². The van der Waals surface area contributed by atoms with Crippen LogP contribution in [0.1, 0.15) is 23.7 Å². The summed E-state index contributed by atoms with van der Waals surface area (Å²) in [4.78, 5) is 21.3. The van der Waals surface area contributed by atoms with Crippen LogP contribution in [0.4, 0.5) is 4.39 Å². The molecule has 1 rings (SSSR count). The Morgan fingerprint density at radius 2 is 1.87 bits per heavy atom. The summed E-state index contributed by atoms with van der Waals surface area (Å²) in [6.45, 7) is 1.84. The molecule has 80 valence electrons. The van der Waals surface area contributed by atoms with E-state index in [-0.39, 0.29) is 5.56 Å². The molecule has 0 saturated heterocycles. The van der Waals surface area contributed by atoms with E-state index in [9.17, 15) is 14.0 Å². The van der Waals surface area contributed by atoms with Crippen LogP contribution < -0.4 is 0 Å². The van der Waals surface area contributed by atoms with E-state index < -0.39 is 24.3 Å². The average Bonchev–Trinajstić information content (AvgIpc) is 2.17. The molecule has 0 saturated carbocycles. The highest BCUT2D eigenvalue weighted by Gasteiger charge is 2.21. The normalized spacial score (nSPS) is 12.1. The van der Waals surface area contributed by atoms with Gasteiger partial charge in [0.25, 0.3) is 0 Å². The van der Waals surface area contributed by atoms with Gasteiger partial charge in [0.05, 0.1) is 0 Å². The van der Waals surface area contributed by atoms with Crippen molar-refractivity contribution >= 4 is 11.8 Å². The van der Waals surface area contributed by atoms with Gasteiger partial charge in [0.2, 0.25) is 0 Å². The Morgan fingerprint density at radius 3 is 2.33 bits per heavy atom. The Labute approximate surface area is 86.5 Å². The lowest BCUT2D eigenvalue weighted by atomic mass is 10.0. The largest absolute Gasteiger partial charge is 0.481 e. The van der Waals surface area contributed by atoms with Crippen LogP contribution in [0.3, 0.4) is 0 Å².